The molecule has 208 valence electrons. The summed E-state index contributed by atoms with van der Waals surface area (Å²) in [6.07, 6.45) is 4.66. The van der Waals surface area contributed by atoms with Crippen molar-refractivity contribution in [2.45, 2.75) is 32.7 Å². The highest BCUT2D eigenvalue weighted by atomic mass is 16.5. The van der Waals surface area contributed by atoms with E-state index in [0.717, 1.165) is 31.6 Å². The van der Waals surface area contributed by atoms with Gasteiger partial charge < -0.3 is 24.2 Å². The number of ether oxygens (including phenoxy) is 3. The molecule has 8 heteroatoms. The lowest BCUT2D eigenvalue weighted by Gasteiger charge is -2.30. The smallest absolute Gasteiger partial charge is 0.290 e. The number of hydrogen-bond donors (Lipinski definition) is 1. The molecule has 2 aromatic carbocycles. The van der Waals surface area contributed by atoms with Crippen LogP contribution in [0.15, 0.2) is 65.9 Å². The Bertz CT molecular complexity index is 1190. The Hall–Kier alpha value is -3.62. The Kier molecular flexibility index (Phi) is 10.2. The van der Waals surface area contributed by atoms with Gasteiger partial charge in [0.05, 0.1) is 38.0 Å². The number of benzene rings is 2. The van der Waals surface area contributed by atoms with Crippen molar-refractivity contribution in [2.24, 2.45) is 0 Å². The lowest BCUT2D eigenvalue weighted by atomic mass is 9.95. The predicted molar refractivity (Wildman–Crippen MR) is 150 cm³/mol. The summed E-state index contributed by atoms with van der Waals surface area (Å²) in [6.45, 7) is 9.20. The summed E-state index contributed by atoms with van der Waals surface area (Å²) in [6, 6.07) is 14.2. The molecule has 39 heavy (non-hydrogen) atoms. The van der Waals surface area contributed by atoms with Gasteiger partial charge in [-0.05, 0) is 49.1 Å². The van der Waals surface area contributed by atoms with E-state index in [4.69, 9.17) is 14.2 Å². The zero-order chi connectivity index (χ0) is 27.6. The van der Waals surface area contributed by atoms with E-state index < -0.39 is 23.5 Å². The SMILES string of the molecule is CCCOc1ccc(C2C(C(=O)C=Cc3ccccc3)=C(O)C(=O)N2CCCN2CCOCC2)cc1OCC. The molecule has 4 rings (SSSR count). The quantitative estimate of drug-likeness (QED) is 0.377. The van der Waals surface area contributed by atoms with E-state index in [1.165, 1.54) is 6.08 Å². The molecule has 0 bridgehead atoms. The fraction of sp³-hybridized carbons (Fsp3) is 0.419. The van der Waals surface area contributed by atoms with Crippen molar-refractivity contribution in [1.29, 1.82) is 0 Å². The van der Waals surface area contributed by atoms with Gasteiger partial charge in [0.1, 0.15) is 0 Å². The maximum absolute atomic E-state index is 13.5. The summed E-state index contributed by atoms with van der Waals surface area (Å²) < 4.78 is 17.2. The lowest BCUT2D eigenvalue weighted by molar-refractivity contribution is -0.129. The standard InChI is InChI=1S/C31H38N2O6/c1-3-19-39-26-14-12-24(22-27(26)38-4-2)29-28(25(34)13-11-23-9-6-5-7-10-23)30(35)31(36)33(29)16-8-15-32-17-20-37-21-18-32/h5-7,9-14,22,29,35H,3-4,8,15-21H2,1-2H3. The summed E-state index contributed by atoms with van der Waals surface area (Å²) in [5.41, 5.74) is 1.61. The van der Waals surface area contributed by atoms with Crippen LogP contribution < -0.4 is 9.47 Å². The van der Waals surface area contributed by atoms with E-state index in [9.17, 15) is 14.7 Å². The summed E-state index contributed by atoms with van der Waals surface area (Å²) in [5, 5.41) is 11.0. The first kappa shape index (κ1) is 28.4. The van der Waals surface area contributed by atoms with Gasteiger partial charge >= 0.3 is 0 Å². The molecule has 0 saturated carbocycles. The van der Waals surface area contributed by atoms with Crippen LogP contribution >= 0.6 is 0 Å². The van der Waals surface area contributed by atoms with Crippen molar-refractivity contribution in [1.82, 2.24) is 9.80 Å². The van der Waals surface area contributed by atoms with Crippen molar-refractivity contribution in [3.8, 4) is 11.5 Å². The van der Waals surface area contributed by atoms with Crippen LogP contribution in [0.1, 0.15) is 43.9 Å². The molecule has 0 radical (unpaired) electrons. The molecule has 0 aliphatic carbocycles. The van der Waals surface area contributed by atoms with Crippen LogP contribution in [0.25, 0.3) is 6.08 Å². The number of nitrogens with zero attached hydrogens (tertiary/aromatic N) is 2. The van der Waals surface area contributed by atoms with Gasteiger partial charge in [-0.1, -0.05) is 49.4 Å². The van der Waals surface area contributed by atoms with Crippen LogP contribution in [0, 0.1) is 0 Å². The van der Waals surface area contributed by atoms with Gasteiger partial charge in [0.15, 0.2) is 23.0 Å². The molecule has 2 aromatic rings. The number of carbonyl (C=O) groups is 2. The zero-order valence-corrected chi connectivity index (χ0v) is 22.8. The van der Waals surface area contributed by atoms with Gasteiger partial charge in [-0.2, -0.15) is 0 Å². The molecule has 0 aromatic heterocycles. The second kappa shape index (κ2) is 14.0. The summed E-state index contributed by atoms with van der Waals surface area (Å²) in [4.78, 5) is 30.7. The topological polar surface area (TPSA) is 88.5 Å². The van der Waals surface area contributed by atoms with Crippen molar-refractivity contribution < 1.29 is 28.9 Å². The van der Waals surface area contributed by atoms with Crippen molar-refractivity contribution in [3.63, 3.8) is 0 Å². The number of ketones is 1. The van der Waals surface area contributed by atoms with Gasteiger partial charge in [-0.3, -0.25) is 14.5 Å². The van der Waals surface area contributed by atoms with E-state index in [1.54, 1.807) is 11.0 Å². The monoisotopic (exact) mass is 534 g/mol. The number of hydrogen-bond acceptors (Lipinski definition) is 7. The Morgan fingerprint density at radius 2 is 1.82 bits per heavy atom. The minimum Gasteiger partial charge on any atom is -0.503 e. The maximum atomic E-state index is 13.5. The molecule has 1 saturated heterocycles. The molecule has 1 amide bonds. The highest BCUT2D eigenvalue weighted by molar-refractivity contribution is 6.14. The number of rotatable bonds is 13. The van der Waals surface area contributed by atoms with Crippen LogP contribution in [0.4, 0.5) is 0 Å². The summed E-state index contributed by atoms with van der Waals surface area (Å²) in [7, 11) is 0. The van der Waals surface area contributed by atoms with Gasteiger partial charge in [-0.25, -0.2) is 0 Å². The first-order valence-corrected chi connectivity index (χ1v) is 13.7. The maximum Gasteiger partial charge on any atom is 0.290 e. The van der Waals surface area contributed by atoms with E-state index in [1.807, 2.05) is 62.4 Å². The average molecular weight is 535 g/mol. The molecule has 1 N–H and O–H groups in total. The first-order valence-electron chi connectivity index (χ1n) is 13.7. The normalized spacial score (nSPS) is 18.3. The Morgan fingerprint density at radius 1 is 1.05 bits per heavy atom. The number of amides is 1. The molecular weight excluding hydrogens is 496 g/mol. The van der Waals surface area contributed by atoms with E-state index in [0.29, 0.717) is 56.5 Å². The number of aliphatic hydroxyl groups excluding tert-OH is 1. The largest absolute Gasteiger partial charge is 0.503 e. The third kappa shape index (κ3) is 7.07. The molecule has 0 spiro atoms. The van der Waals surface area contributed by atoms with E-state index >= 15 is 0 Å². The lowest BCUT2D eigenvalue weighted by Crippen LogP contribution is -2.39. The minimum absolute atomic E-state index is 0.0724. The Labute approximate surface area is 230 Å². The predicted octanol–water partition coefficient (Wildman–Crippen LogP) is 4.57. The molecule has 2 aliphatic heterocycles. The van der Waals surface area contributed by atoms with Crippen LogP contribution in [-0.4, -0.2) is 79.2 Å². The third-order valence-electron chi connectivity index (χ3n) is 6.82. The molecule has 1 atom stereocenters. The van der Waals surface area contributed by atoms with Gasteiger partial charge in [0, 0.05) is 26.2 Å². The minimum atomic E-state index is -0.741. The molecular formula is C31H38N2O6. The summed E-state index contributed by atoms with van der Waals surface area (Å²) >= 11 is 0. The number of carbonyl (C=O) groups excluding carboxylic acids is 2. The Morgan fingerprint density at radius 3 is 2.54 bits per heavy atom. The Balaban J connectivity index is 1.64. The van der Waals surface area contributed by atoms with Crippen LogP contribution in [-0.2, 0) is 14.3 Å². The first-order chi connectivity index (χ1) is 19.0. The number of aliphatic hydroxyl groups is 1. The number of morpholine rings is 1. The molecule has 1 unspecified atom stereocenters. The number of allylic oxidation sites excluding steroid dienone is 1. The van der Waals surface area contributed by atoms with Crippen LogP contribution in [0.3, 0.4) is 0 Å². The van der Waals surface area contributed by atoms with Crippen molar-refractivity contribution in [3.05, 3.63) is 77.1 Å². The average Bonchev–Trinajstić information content (AvgIpc) is 3.21. The molecule has 2 aliphatic rings. The van der Waals surface area contributed by atoms with Crippen molar-refractivity contribution in [2.75, 3.05) is 52.6 Å². The fourth-order valence-electron chi connectivity index (χ4n) is 4.89. The van der Waals surface area contributed by atoms with E-state index in [2.05, 4.69) is 4.90 Å². The van der Waals surface area contributed by atoms with Crippen LogP contribution in [0.2, 0.25) is 0 Å². The zero-order valence-electron chi connectivity index (χ0n) is 22.8. The fourth-order valence-corrected chi connectivity index (χ4v) is 4.89. The second-order valence-electron chi connectivity index (χ2n) is 9.57. The molecule has 8 nitrogen and oxygen atoms in total. The van der Waals surface area contributed by atoms with Crippen LogP contribution in [0.5, 0.6) is 11.5 Å². The third-order valence-corrected chi connectivity index (χ3v) is 6.82. The highest BCUT2D eigenvalue weighted by Gasteiger charge is 2.43. The van der Waals surface area contributed by atoms with Gasteiger partial charge in [-0.15, -0.1) is 0 Å². The second-order valence-corrected chi connectivity index (χ2v) is 9.57. The van der Waals surface area contributed by atoms with E-state index in [-0.39, 0.29) is 5.57 Å². The molecule has 1 fully saturated rings. The summed E-state index contributed by atoms with van der Waals surface area (Å²) in [5.74, 6) is -0.298. The highest BCUT2D eigenvalue weighted by Crippen LogP contribution is 2.41. The van der Waals surface area contributed by atoms with Gasteiger partial charge in [0.25, 0.3) is 5.91 Å². The molecule has 2 heterocycles. The van der Waals surface area contributed by atoms with Crippen molar-refractivity contribution >= 4 is 17.8 Å². The van der Waals surface area contributed by atoms with Gasteiger partial charge in [0.2, 0.25) is 0 Å².